The van der Waals surface area contributed by atoms with Crippen LogP contribution in [0.5, 0.6) is 0 Å². The first kappa shape index (κ1) is 63.4. The van der Waals surface area contributed by atoms with E-state index in [0.29, 0.717) is 0 Å². The maximum atomic E-state index is 11.1. The van der Waals surface area contributed by atoms with Gasteiger partial charge in [-0.15, -0.1) is 0 Å². The largest absolute Gasteiger partial charge is 1.00 e. The van der Waals surface area contributed by atoms with E-state index in [-0.39, 0.29) is 122 Å². The van der Waals surface area contributed by atoms with E-state index in [1.807, 2.05) is 0 Å². The van der Waals surface area contributed by atoms with Gasteiger partial charge in [0.05, 0.1) is 14.4 Å². The molecular weight excluding hydrogens is 491 g/mol. The van der Waals surface area contributed by atoms with E-state index < -0.39 is 53.0 Å². The van der Waals surface area contributed by atoms with E-state index in [0.717, 1.165) is 0 Å². The van der Waals surface area contributed by atoms with Crippen LogP contribution in [-0.2, 0) is 23.0 Å². The Labute approximate surface area is 230 Å². The third-order valence-electron chi connectivity index (χ3n) is 1.82. The third kappa shape index (κ3) is 35.3. The van der Waals surface area contributed by atoms with Crippen LogP contribution in [0.15, 0.2) is 0 Å². The summed E-state index contributed by atoms with van der Waals surface area (Å²) in [5.41, 5.74) is 0. The number of ketones is 1. The van der Waals surface area contributed by atoms with Gasteiger partial charge >= 0.3 is 88.7 Å². The maximum absolute atomic E-state index is 11.1. The smallest absolute Gasteiger partial charge is 0.790 e. The van der Waals surface area contributed by atoms with Crippen molar-refractivity contribution in [2.75, 3.05) is 13.2 Å². The molecule has 0 saturated heterocycles. The summed E-state index contributed by atoms with van der Waals surface area (Å²) in [5.74, 6) is -1.46. The predicted molar refractivity (Wildman–Crippen MR) is 74.0 cm³/mol. The molecule has 4 atom stereocenters. The fraction of sp³-hybridized carbons (Fsp3) is 0.833. The Bertz CT molecular complexity index is 428. The number of aliphatic hydroxyl groups excluding tert-OH is 3. The summed E-state index contributed by atoms with van der Waals surface area (Å²) < 4.78 is 27.5. The molecule has 0 aliphatic rings. The number of carbonyl (C=O) groups excluding carboxylic acids is 1. The molecule has 0 spiro atoms. The second-order valence-corrected chi connectivity index (χ2v) is 5.80. The zero-order valence-corrected chi connectivity index (χ0v) is 23.4. The number of phosphoric acid groups is 2. The molecule has 0 aliphatic carbocycles. The summed E-state index contributed by atoms with van der Waals surface area (Å²) >= 11 is 0. The average molecular weight is 514 g/mol. The maximum Gasteiger partial charge on any atom is 1.00 e. The number of Topliss-reactive ketones (excluding diaryl/α,β-unsaturated/α-hetero) is 1. The van der Waals surface area contributed by atoms with Gasteiger partial charge in [0.1, 0.15) is 24.9 Å². The molecule has 0 saturated carbocycles. The second kappa shape index (κ2) is 28.6. The van der Waals surface area contributed by atoms with Gasteiger partial charge in [-0.3, -0.25) is 9.36 Å². The summed E-state index contributed by atoms with van der Waals surface area (Å²) in [7, 11) is -10.6. The molecule has 0 rings (SSSR count). The van der Waals surface area contributed by atoms with Crippen LogP contribution >= 0.6 is 15.6 Å². The van der Waals surface area contributed by atoms with Gasteiger partial charge in [-0.05, 0) is 0 Å². The Morgan fingerprint density at radius 2 is 1.17 bits per heavy atom. The van der Waals surface area contributed by atoms with Gasteiger partial charge in [-0.1, -0.05) is 0 Å². The number of aliphatic hydroxyl groups is 3. The molecule has 0 bridgehead atoms. The van der Waals surface area contributed by atoms with E-state index in [4.69, 9.17) is 10.00 Å². The minimum Gasteiger partial charge on any atom is -0.790 e. The van der Waals surface area contributed by atoms with E-state index in [1.54, 1.807) is 0 Å². The van der Waals surface area contributed by atoms with Crippen LogP contribution in [0.3, 0.4) is 0 Å². The van der Waals surface area contributed by atoms with Crippen LogP contribution in [0.4, 0.5) is 0 Å². The first-order chi connectivity index (χ1) is 8.83. The minimum absolute atomic E-state index is 0. The first-order valence-corrected chi connectivity index (χ1v) is 7.71. The Morgan fingerprint density at radius 1 is 0.828 bits per heavy atom. The van der Waals surface area contributed by atoms with Gasteiger partial charge in [-0.25, -0.2) is 0 Å². The van der Waals surface area contributed by atoms with Gasteiger partial charge in [0.2, 0.25) is 0 Å². The molecule has 29 heavy (non-hydrogen) atoms. The van der Waals surface area contributed by atoms with Crippen LogP contribution in [0.2, 0.25) is 0 Å². The van der Waals surface area contributed by atoms with E-state index in [1.165, 1.54) is 0 Å². The molecule has 0 radical (unpaired) electrons. The summed E-state index contributed by atoms with van der Waals surface area (Å²) in [5, 5.41) is 27.6. The molecule has 0 aromatic heterocycles. The number of phosphoric ester groups is 2. The van der Waals surface area contributed by atoms with Crippen LogP contribution in [0.25, 0.3) is 0 Å². The summed E-state index contributed by atoms with van der Waals surface area (Å²) in [6.07, 6.45) is -6.74. The normalized spacial score (nSPS) is 13.8. The standard InChI is InChI=1S/C6H14O12P2.3Na.6H2O/c7-3(1-17-19(11,12)13)5(9)6(10)4(8)2-18-20(14,15)16;;;;;;;;;/h3,5-7,9-10H,1-2H2,(H2,11,12,13)(H2,14,15,16);;;;6*1H2/q;3*+1;;;;;;/p-3/t3-,5-,6-;;;;;;;;;/m1........./s1. The van der Waals surface area contributed by atoms with Crippen molar-refractivity contribution in [3.63, 3.8) is 0 Å². The topological polar surface area (TPSA) is 409 Å². The molecule has 18 nitrogen and oxygen atoms in total. The molecule has 168 valence electrons. The van der Waals surface area contributed by atoms with Gasteiger partial charge in [-0.2, -0.15) is 0 Å². The van der Waals surface area contributed by atoms with Crippen molar-refractivity contribution in [3.8, 4) is 0 Å². The van der Waals surface area contributed by atoms with Crippen LogP contribution in [0.1, 0.15) is 0 Å². The quantitative estimate of drug-likeness (QED) is 0.164. The second-order valence-electron chi connectivity index (χ2n) is 3.45. The van der Waals surface area contributed by atoms with Crippen molar-refractivity contribution in [2.24, 2.45) is 0 Å². The SMILES string of the molecule is O.O.O.O.O.O.O=C(COP(=O)([O-])[O-])[C@@H](O)[C@H](O)[C@H](O)COP(=O)([O-])O.[Na+].[Na+].[Na+]. The molecule has 0 amide bonds. The van der Waals surface area contributed by atoms with Crippen molar-refractivity contribution in [3.05, 3.63) is 0 Å². The van der Waals surface area contributed by atoms with E-state index >= 15 is 0 Å². The molecule has 0 aromatic rings. The molecule has 0 aliphatic heterocycles. The molecule has 0 fully saturated rings. The number of rotatable bonds is 9. The molecule has 23 heteroatoms. The average Bonchev–Trinajstić information content (AvgIpc) is 2.29. The summed E-state index contributed by atoms with van der Waals surface area (Å²) in [6, 6.07) is 0. The van der Waals surface area contributed by atoms with Crippen molar-refractivity contribution in [2.45, 2.75) is 18.3 Å². The van der Waals surface area contributed by atoms with Gasteiger partial charge in [0, 0.05) is 0 Å². The summed E-state index contributed by atoms with van der Waals surface area (Å²) in [4.78, 5) is 49.6. The minimum atomic E-state index is -5.46. The Balaban J connectivity index is -0.0000000501. The zero-order valence-electron chi connectivity index (χ0n) is 15.6. The first-order valence-electron chi connectivity index (χ1n) is 4.75. The number of hydrogen-bond donors (Lipinski definition) is 4. The van der Waals surface area contributed by atoms with Crippen molar-refractivity contribution in [1.29, 1.82) is 0 Å². The van der Waals surface area contributed by atoms with E-state index in [2.05, 4.69) is 9.05 Å². The van der Waals surface area contributed by atoms with Gasteiger partial charge < -0.3 is 81.4 Å². The Kier molecular flexibility index (Phi) is 62.4. The van der Waals surface area contributed by atoms with Gasteiger partial charge in [0.15, 0.2) is 5.78 Å². The predicted octanol–water partition coefficient (Wildman–Crippen LogP) is -19.0. The van der Waals surface area contributed by atoms with Crippen LogP contribution < -0.4 is 103 Å². The van der Waals surface area contributed by atoms with E-state index in [9.17, 15) is 38.8 Å². The van der Waals surface area contributed by atoms with Crippen molar-refractivity contribution >= 4 is 21.4 Å². The Morgan fingerprint density at radius 3 is 1.45 bits per heavy atom. The number of carbonyl (C=O) groups is 1. The van der Waals surface area contributed by atoms with Gasteiger partial charge in [0.25, 0.3) is 7.82 Å². The third-order valence-corrected chi connectivity index (χ3v) is 2.74. The van der Waals surface area contributed by atoms with Crippen LogP contribution in [-0.4, -0.2) is 90.4 Å². The zero-order chi connectivity index (χ0) is 16.1. The van der Waals surface area contributed by atoms with Crippen molar-refractivity contribution < 1.29 is 179 Å². The number of hydrogen-bond acceptors (Lipinski definition) is 11. The molecule has 1 unspecified atom stereocenters. The van der Waals surface area contributed by atoms with Crippen LogP contribution in [0, 0.1) is 0 Å². The fourth-order valence-corrected chi connectivity index (χ4v) is 1.52. The van der Waals surface area contributed by atoms with Crippen molar-refractivity contribution in [1.82, 2.24) is 0 Å². The molecule has 16 N–H and O–H groups in total. The fourth-order valence-electron chi connectivity index (χ4n) is 0.898. The molecular formula is C6H23Na3O18P2. The molecule has 0 aromatic carbocycles. The monoisotopic (exact) mass is 514 g/mol. The molecule has 0 heterocycles. The summed E-state index contributed by atoms with van der Waals surface area (Å²) in [6.45, 7) is -2.55. The Hall–Kier alpha value is 2.53.